The van der Waals surface area contributed by atoms with E-state index in [4.69, 9.17) is 4.52 Å². The lowest BCUT2D eigenvalue weighted by Gasteiger charge is -2.35. The Kier molecular flexibility index (Phi) is 4.74. The van der Waals surface area contributed by atoms with Crippen LogP contribution in [0.25, 0.3) is 10.7 Å². The summed E-state index contributed by atoms with van der Waals surface area (Å²) in [5.74, 6) is 1.60. The summed E-state index contributed by atoms with van der Waals surface area (Å²) in [6.07, 6.45) is 0. The topological polar surface area (TPSA) is 65.6 Å². The Hall–Kier alpha value is -1.90. The molecule has 3 aromatic rings. The molecule has 0 atom stereocenters. The second-order valence-electron chi connectivity index (χ2n) is 5.92. The molecular formula is C17H17BrN4O2S. The van der Waals surface area contributed by atoms with E-state index in [9.17, 15) is 5.11 Å². The Morgan fingerprint density at radius 3 is 2.60 bits per heavy atom. The van der Waals surface area contributed by atoms with Crippen molar-refractivity contribution >= 4 is 33.0 Å². The highest BCUT2D eigenvalue weighted by Crippen LogP contribution is 2.28. The average Bonchev–Trinajstić information content (AvgIpc) is 3.25. The van der Waals surface area contributed by atoms with E-state index in [1.165, 1.54) is 0 Å². The molecule has 3 heterocycles. The van der Waals surface area contributed by atoms with Crippen molar-refractivity contribution in [1.29, 1.82) is 0 Å². The predicted molar refractivity (Wildman–Crippen MR) is 101 cm³/mol. The first-order valence-electron chi connectivity index (χ1n) is 8.01. The van der Waals surface area contributed by atoms with Crippen molar-refractivity contribution in [2.24, 2.45) is 0 Å². The molecule has 0 radical (unpaired) electrons. The van der Waals surface area contributed by atoms with Crippen molar-refractivity contribution in [1.82, 2.24) is 15.0 Å². The lowest BCUT2D eigenvalue weighted by Crippen LogP contribution is -2.46. The molecule has 0 spiro atoms. The van der Waals surface area contributed by atoms with Gasteiger partial charge in [-0.05, 0) is 46.3 Å². The van der Waals surface area contributed by atoms with Gasteiger partial charge in [0, 0.05) is 41.7 Å². The molecule has 8 heteroatoms. The van der Waals surface area contributed by atoms with Crippen LogP contribution in [0.3, 0.4) is 0 Å². The van der Waals surface area contributed by atoms with Crippen LogP contribution in [0.2, 0.25) is 0 Å². The lowest BCUT2D eigenvalue weighted by molar-refractivity contribution is 0.215. The van der Waals surface area contributed by atoms with Gasteiger partial charge in [-0.1, -0.05) is 5.16 Å². The maximum absolute atomic E-state index is 9.39. The number of thiophene rings is 1. The highest BCUT2D eigenvalue weighted by Gasteiger charge is 2.20. The first kappa shape index (κ1) is 16.6. The Labute approximate surface area is 157 Å². The van der Waals surface area contributed by atoms with Gasteiger partial charge in [-0.15, -0.1) is 11.3 Å². The van der Waals surface area contributed by atoms with Crippen LogP contribution in [0.4, 0.5) is 5.69 Å². The zero-order chi connectivity index (χ0) is 17.2. The second kappa shape index (κ2) is 7.15. The number of halogens is 1. The molecule has 0 amide bonds. The average molecular weight is 421 g/mol. The summed E-state index contributed by atoms with van der Waals surface area (Å²) in [6.45, 7) is 4.41. The van der Waals surface area contributed by atoms with Gasteiger partial charge in [0.25, 0.3) is 0 Å². The van der Waals surface area contributed by atoms with Crippen LogP contribution >= 0.6 is 27.3 Å². The van der Waals surface area contributed by atoms with Crippen LogP contribution in [0.1, 0.15) is 5.89 Å². The van der Waals surface area contributed by atoms with Gasteiger partial charge in [-0.2, -0.15) is 4.98 Å². The molecule has 2 aromatic heterocycles. The summed E-state index contributed by atoms with van der Waals surface area (Å²) in [7, 11) is 0. The van der Waals surface area contributed by atoms with E-state index in [-0.39, 0.29) is 0 Å². The fourth-order valence-electron chi connectivity index (χ4n) is 2.87. The van der Waals surface area contributed by atoms with Gasteiger partial charge in [0.15, 0.2) is 0 Å². The largest absolute Gasteiger partial charge is 0.508 e. The van der Waals surface area contributed by atoms with Crippen LogP contribution in [0.5, 0.6) is 5.75 Å². The quantitative estimate of drug-likeness (QED) is 0.695. The molecule has 130 valence electrons. The van der Waals surface area contributed by atoms with E-state index in [2.05, 4.69) is 35.9 Å². The zero-order valence-corrected chi connectivity index (χ0v) is 15.8. The van der Waals surface area contributed by atoms with Crippen LogP contribution in [-0.2, 0) is 6.54 Å². The number of phenolic OH excluding ortho intramolecular Hbond substituents is 1. The number of aromatic hydroxyl groups is 1. The number of phenols is 1. The van der Waals surface area contributed by atoms with E-state index in [1.54, 1.807) is 23.5 Å². The van der Waals surface area contributed by atoms with Gasteiger partial charge in [-0.3, -0.25) is 4.90 Å². The maximum atomic E-state index is 9.39. The number of benzene rings is 1. The molecule has 1 fully saturated rings. The van der Waals surface area contributed by atoms with Gasteiger partial charge in [0.05, 0.1) is 11.4 Å². The molecule has 4 rings (SSSR count). The number of hydrogen-bond acceptors (Lipinski definition) is 7. The van der Waals surface area contributed by atoms with E-state index in [0.717, 1.165) is 41.2 Å². The number of hydrogen-bond donors (Lipinski definition) is 1. The Morgan fingerprint density at radius 1 is 1.16 bits per heavy atom. The summed E-state index contributed by atoms with van der Waals surface area (Å²) < 4.78 is 6.43. The Bertz CT molecular complexity index is 840. The van der Waals surface area contributed by atoms with Crippen molar-refractivity contribution < 1.29 is 9.63 Å². The molecule has 0 saturated carbocycles. The van der Waals surface area contributed by atoms with Gasteiger partial charge in [-0.25, -0.2) is 0 Å². The summed E-state index contributed by atoms with van der Waals surface area (Å²) >= 11 is 5.03. The molecule has 1 aromatic carbocycles. The van der Waals surface area contributed by atoms with Crippen molar-refractivity contribution in [2.45, 2.75) is 6.54 Å². The van der Waals surface area contributed by atoms with E-state index in [0.29, 0.717) is 24.0 Å². The molecule has 1 N–H and O–H groups in total. The van der Waals surface area contributed by atoms with Crippen molar-refractivity contribution in [3.8, 4) is 16.5 Å². The third-order valence-electron chi connectivity index (χ3n) is 4.20. The molecule has 0 bridgehead atoms. The highest BCUT2D eigenvalue weighted by atomic mass is 79.9. The van der Waals surface area contributed by atoms with Crippen molar-refractivity contribution in [2.75, 3.05) is 31.1 Å². The van der Waals surface area contributed by atoms with E-state index < -0.39 is 0 Å². The number of aromatic nitrogens is 2. The molecule has 25 heavy (non-hydrogen) atoms. The van der Waals surface area contributed by atoms with Gasteiger partial charge in [0.2, 0.25) is 11.7 Å². The molecule has 6 nitrogen and oxygen atoms in total. The SMILES string of the molecule is Oc1ccc(N2CCN(Cc3nc(-c4cc(Br)cs4)no3)CC2)cc1. The minimum atomic E-state index is 0.298. The lowest BCUT2D eigenvalue weighted by atomic mass is 10.2. The summed E-state index contributed by atoms with van der Waals surface area (Å²) in [6, 6.07) is 9.35. The van der Waals surface area contributed by atoms with Crippen LogP contribution in [0, 0.1) is 0 Å². The predicted octanol–water partition coefficient (Wildman–Crippen LogP) is 3.59. The standard InChI is InChI=1S/C17H17BrN4O2S/c18-12-9-15(25-11-12)17-19-16(24-20-17)10-21-5-7-22(8-6-21)13-1-3-14(23)4-2-13/h1-4,9,11,23H,5-8,10H2. The van der Waals surface area contributed by atoms with E-state index >= 15 is 0 Å². The molecule has 1 saturated heterocycles. The van der Waals surface area contributed by atoms with Crippen molar-refractivity contribution in [3.63, 3.8) is 0 Å². The normalized spacial score (nSPS) is 15.6. The van der Waals surface area contributed by atoms with Crippen LogP contribution < -0.4 is 4.90 Å². The number of anilines is 1. The molecule has 1 aliphatic heterocycles. The van der Waals surface area contributed by atoms with Crippen LogP contribution in [-0.4, -0.2) is 46.3 Å². The zero-order valence-electron chi connectivity index (χ0n) is 13.4. The Balaban J connectivity index is 1.34. The minimum absolute atomic E-state index is 0.298. The van der Waals surface area contributed by atoms with Crippen molar-refractivity contribution in [3.05, 3.63) is 46.1 Å². The Morgan fingerprint density at radius 2 is 1.92 bits per heavy atom. The van der Waals surface area contributed by atoms with Crippen LogP contribution in [0.15, 0.2) is 44.7 Å². The first-order valence-corrected chi connectivity index (χ1v) is 9.68. The maximum Gasteiger partial charge on any atom is 0.241 e. The number of rotatable bonds is 4. The summed E-state index contributed by atoms with van der Waals surface area (Å²) in [4.78, 5) is 10.1. The summed E-state index contributed by atoms with van der Waals surface area (Å²) in [5, 5.41) is 15.5. The van der Waals surface area contributed by atoms with Gasteiger partial charge in [0.1, 0.15) is 5.75 Å². The monoisotopic (exact) mass is 420 g/mol. The number of nitrogens with zero attached hydrogens (tertiary/aromatic N) is 4. The third kappa shape index (κ3) is 3.86. The molecule has 0 unspecified atom stereocenters. The molecule has 1 aliphatic rings. The van der Waals surface area contributed by atoms with E-state index in [1.807, 2.05) is 23.6 Å². The second-order valence-corrected chi connectivity index (χ2v) is 7.75. The molecule has 0 aliphatic carbocycles. The highest BCUT2D eigenvalue weighted by molar-refractivity contribution is 9.10. The number of piperazine rings is 1. The smallest absolute Gasteiger partial charge is 0.241 e. The van der Waals surface area contributed by atoms with Gasteiger partial charge < -0.3 is 14.5 Å². The third-order valence-corrected chi connectivity index (χ3v) is 5.89. The fraction of sp³-hybridized carbons (Fsp3) is 0.294. The first-order chi connectivity index (χ1) is 12.2. The fourth-order valence-corrected chi connectivity index (χ4v) is 4.22. The van der Waals surface area contributed by atoms with Gasteiger partial charge >= 0.3 is 0 Å². The minimum Gasteiger partial charge on any atom is -0.508 e. The summed E-state index contributed by atoms with van der Waals surface area (Å²) in [5.41, 5.74) is 1.14. The molecular weight excluding hydrogens is 404 g/mol.